The van der Waals surface area contributed by atoms with Gasteiger partial charge in [-0.15, -0.1) is 0 Å². The van der Waals surface area contributed by atoms with Crippen molar-refractivity contribution in [2.24, 2.45) is 0 Å². The smallest absolute Gasteiger partial charge is 0.339 e. The Hall–Kier alpha value is -1.81. The van der Waals surface area contributed by atoms with Crippen molar-refractivity contribution >= 4 is 44.3 Å². The quantitative estimate of drug-likeness (QED) is 0.692. The molecule has 0 unspecified atom stereocenters. The van der Waals surface area contributed by atoms with Crippen molar-refractivity contribution in [3.05, 3.63) is 51.1 Å². The molecule has 0 radical (unpaired) electrons. The van der Waals surface area contributed by atoms with Crippen LogP contribution in [0.15, 0.2) is 41.3 Å². The molecule has 0 aliphatic carbocycles. The van der Waals surface area contributed by atoms with Crippen LogP contribution in [0.4, 0.5) is 5.69 Å². The van der Waals surface area contributed by atoms with Crippen LogP contribution in [-0.2, 0) is 10.0 Å². The minimum atomic E-state index is -3.76. The lowest BCUT2D eigenvalue weighted by Crippen LogP contribution is -2.27. The summed E-state index contributed by atoms with van der Waals surface area (Å²) in [6.07, 6.45) is 0. The number of nitrogens with zero attached hydrogens (tertiary/aromatic N) is 1. The zero-order chi connectivity index (χ0) is 18.1. The predicted molar refractivity (Wildman–Crippen MR) is 99.4 cm³/mol. The molecule has 0 fully saturated rings. The summed E-state index contributed by atoms with van der Waals surface area (Å²) < 4.78 is 32.2. The molecule has 1 N–H and O–H groups in total. The van der Waals surface area contributed by atoms with Gasteiger partial charge in [-0.25, -0.2) is 13.2 Å². The van der Waals surface area contributed by atoms with Crippen LogP contribution in [0.2, 0.25) is 0 Å². The minimum absolute atomic E-state index is 0.0215. The second kappa shape index (κ2) is 6.98. The summed E-state index contributed by atoms with van der Waals surface area (Å²) >= 11 is 1.91. The van der Waals surface area contributed by atoms with Crippen LogP contribution >= 0.6 is 22.6 Å². The number of halogens is 1. The van der Waals surface area contributed by atoms with Gasteiger partial charge >= 0.3 is 5.97 Å². The van der Waals surface area contributed by atoms with Crippen molar-refractivity contribution in [1.29, 1.82) is 0 Å². The summed E-state index contributed by atoms with van der Waals surface area (Å²) in [6, 6.07) is 9.32. The molecule has 2 aromatic carbocycles. The van der Waals surface area contributed by atoms with E-state index >= 15 is 0 Å². The lowest BCUT2D eigenvalue weighted by atomic mass is 10.2. The molecule has 0 amide bonds. The van der Waals surface area contributed by atoms with E-state index in [0.29, 0.717) is 9.26 Å². The number of ether oxygens (including phenoxy) is 1. The first-order valence-electron chi connectivity index (χ1n) is 6.85. The number of hydrogen-bond acceptors (Lipinski definition) is 4. The molecule has 0 aromatic heterocycles. The third-order valence-electron chi connectivity index (χ3n) is 3.52. The van der Waals surface area contributed by atoms with Crippen molar-refractivity contribution in [1.82, 2.24) is 0 Å². The van der Waals surface area contributed by atoms with E-state index in [0.717, 1.165) is 9.87 Å². The molecule has 8 heteroatoms. The number of benzene rings is 2. The third kappa shape index (κ3) is 3.48. The Morgan fingerprint density at radius 3 is 2.29 bits per heavy atom. The standard InChI is InChI=1S/C16H16INO5S/c1-10-4-6-11(7-5-10)24(21,22)18(2)14-9-15(23-3)12(16(19)20)8-13(14)17/h4-9H,1-3H3,(H,19,20). The Kier molecular flexibility index (Phi) is 5.38. The summed E-state index contributed by atoms with van der Waals surface area (Å²) in [5.41, 5.74) is 1.28. The summed E-state index contributed by atoms with van der Waals surface area (Å²) in [5, 5.41) is 9.20. The maximum atomic E-state index is 12.8. The van der Waals surface area contributed by atoms with E-state index in [1.807, 2.05) is 29.5 Å². The van der Waals surface area contributed by atoms with E-state index in [2.05, 4.69) is 0 Å². The van der Waals surface area contributed by atoms with Gasteiger partial charge in [0.15, 0.2) is 0 Å². The first-order valence-corrected chi connectivity index (χ1v) is 9.36. The van der Waals surface area contributed by atoms with Gasteiger partial charge < -0.3 is 9.84 Å². The number of carboxylic acid groups (broad SMARTS) is 1. The molecule has 0 aliphatic rings. The van der Waals surface area contributed by atoms with Gasteiger partial charge in [0.2, 0.25) is 0 Å². The molecule has 2 rings (SSSR count). The molecule has 0 atom stereocenters. The van der Waals surface area contributed by atoms with E-state index in [9.17, 15) is 18.3 Å². The van der Waals surface area contributed by atoms with Gasteiger partial charge in [0.25, 0.3) is 10.0 Å². The highest BCUT2D eigenvalue weighted by Crippen LogP contribution is 2.33. The Morgan fingerprint density at radius 1 is 1.21 bits per heavy atom. The Labute approximate surface area is 154 Å². The van der Waals surface area contributed by atoms with E-state index in [1.165, 1.54) is 38.4 Å². The van der Waals surface area contributed by atoms with Gasteiger partial charge in [0.05, 0.1) is 17.7 Å². The summed E-state index contributed by atoms with van der Waals surface area (Å²) in [7, 11) is -1.00. The number of aryl methyl sites for hydroxylation is 1. The average Bonchev–Trinajstić information content (AvgIpc) is 2.54. The van der Waals surface area contributed by atoms with E-state index < -0.39 is 16.0 Å². The van der Waals surface area contributed by atoms with Crippen LogP contribution in [0.3, 0.4) is 0 Å². The molecular weight excluding hydrogens is 445 g/mol. The van der Waals surface area contributed by atoms with Gasteiger partial charge in [-0.05, 0) is 47.7 Å². The van der Waals surface area contributed by atoms with E-state index in [1.54, 1.807) is 12.1 Å². The van der Waals surface area contributed by atoms with Crippen molar-refractivity contribution in [3.8, 4) is 5.75 Å². The zero-order valence-corrected chi connectivity index (χ0v) is 16.3. The van der Waals surface area contributed by atoms with Crippen molar-refractivity contribution in [2.45, 2.75) is 11.8 Å². The fourth-order valence-corrected chi connectivity index (χ4v) is 4.32. The Morgan fingerprint density at radius 2 is 1.79 bits per heavy atom. The summed E-state index contributed by atoms with van der Waals surface area (Å²) in [6.45, 7) is 1.87. The van der Waals surface area contributed by atoms with Crippen LogP contribution in [0.5, 0.6) is 5.75 Å². The molecule has 0 saturated heterocycles. The average molecular weight is 461 g/mol. The SMILES string of the molecule is COc1cc(N(C)S(=O)(=O)c2ccc(C)cc2)c(I)cc1C(=O)O. The van der Waals surface area contributed by atoms with Gasteiger partial charge in [0, 0.05) is 16.7 Å². The molecule has 0 bridgehead atoms. The van der Waals surface area contributed by atoms with Gasteiger partial charge in [-0.3, -0.25) is 4.31 Å². The Balaban J connectivity index is 2.54. The van der Waals surface area contributed by atoms with Gasteiger partial charge in [-0.1, -0.05) is 17.7 Å². The van der Waals surface area contributed by atoms with Crippen LogP contribution in [0.25, 0.3) is 0 Å². The van der Waals surface area contributed by atoms with E-state index in [-0.39, 0.29) is 16.2 Å². The zero-order valence-electron chi connectivity index (χ0n) is 13.3. The normalized spacial score (nSPS) is 11.2. The largest absolute Gasteiger partial charge is 0.496 e. The van der Waals surface area contributed by atoms with E-state index in [4.69, 9.17) is 4.74 Å². The van der Waals surface area contributed by atoms with Gasteiger partial charge in [-0.2, -0.15) is 0 Å². The summed E-state index contributed by atoms with van der Waals surface area (Å²) in [5.74, 6) is -1.04. The topological polar surface area (TPSA) is 83.9 Å². The highest BCUT2D eigenvalue weighted by Gasteiger charge is 2.25. The van der Waals surface area contributed by atoms with Crippen molar-refractivity contribution in [2.75, 3.05) is 18.5 Å². The minimum Gasteiger partial charge on any atom is -0.496 e. The molecule has 6 nitrogen and oxygen atoms in total. The maximum absolute atomic E-state index is 12.8. The molecule has 128 valence electrons. The number of sulfonamides is 1. The second-order valence-corrected chi connectivity index (χ2v) is 8.23. The molecule has 0 spiro atoms. The first-order chi connectivity index (χ1) is 11.2. The van der Waals surface area contributed by atoms with Gasteiger partial charge in [0.1, 0.15) is 11.3 Å². The van der Waals surface area contributed by atoms with Crippen molar-refractivity contribution < 1.29 is 23.1 Å². The molecule has 0 saturated carbocycles. The second-order valence-electron chi connectivity index (χ2n) is 5.09. The van der Waals surface area contributed by atoms with Crippen LogP contribution in [0, 0.1) is 10.5 Å². The monoisotopic (exact) mass is 461 g/mol. The molecule has 0 aliphatic heterocycles. The molecule has 24 heavy (non-hydrogen) atoms. The number of carboxylic acids is 1. The fourth-order valence-electron chi connectivity index (χ4n) is 2.12. The van der Waals surface area contributed by atoms with Crippen LogP contribution < -0.4 is 9.04 Å². The third-order valence-corrected chi connectivity index (χ3v) is 6.17. The van der Waals surface area contributed by atoms with Crippen LogP contribution in [0.1, 0.15) is 15.9 Å². The van der Waals surface area contributed by atoms with Crippen LogP contribution in [-0.4, -0.2) is 33.7 Å². The number of methoxy groups -OCH3 is 1. The molecule has 0 heterocycles. The molecule has 2 aromatic rings. The number of rotatable bonds is 5. The molecular formula is C16H16INO5S. The highest BCUT2D eigenvalue weighted by atomic mass is 127. The lowest BCUT2D eigenvalue weighted by Gasteiger charge is -2.22. The lowest BCUT2D eigenvalue weighted by molar-refractivity contribution is 0.0693. The number of aromatic carboxylic acids is 1. The first kappa shape index (κ1) is 18.5. The predicted octanol–water partition coefficient (Wildman–Crippen LogP) is 3.13. The Bertz CT molecular complexity index is 878. The highest BCUT2D eigenvalue weighted by molar-refractivity contribution is 14.1. The summed E-state index contributed by atoms with van der Waals surface area (Å²) in [4.78, 5) is 11.4. The van der Waals surface area contributed by atoms with Crippen molar-refractivity contribution in [3.63, 3.8) is 0 Å². The number of carbonyl (C=O) groups is 1. The number of anilines is 1. The fraction of sp³-hybridized carbons (Fsp3) is 0.188. The number of hydrogen-bond donors (Lipinski definition) is 1. The maximum Gasteiger partial charge on any atom is 0.339 e.